The number of nitrogen functional groups attached to an aromatic ring is 1. The Hall–Kier alpha value is -0.470. The van der Waals surface area contributed by atoms with Gasteiger partial charge in [0, 0.05) is 5.56 Å². The van der Waals surface area contributed by atoms with Gasteiger partial charge < -0.3 is 5.73 Å². The first kappa shape index (κ1) is 8.62. The van der Waals surface area contributed by atoms with Crippen LogP contribution in [0.4, 0.5) is 5.00 Å². The summed E-state index contributed by atoms with van der Waals surface area (Å²) in [7, 11) is 0. The Kier molecular flexibility index (Phi) is 2.58. The van der Waals surface area contributed by atoms with Crippen molar-refractivity contribution in [3.05, 3.63) is 21.5 Å². The first-order valence-electron chi connectivity index (χ1n) is 3.29. The standard InChI is InChI=1S/C8H10ClNS/c1-5(2)3-6-4-7(9)11-8(6)10/h3-4H,10H2,1-2H3. The Bertz CT molecular complexity index is 284. The molecule has 0 saturated heterocycles. The van der Waals surface area contributed by atoms with Gasteiger partial charge in [-0.05, 0) is 19.9 Å². The molecule has 0 fully saturated rings. The number of hydrogen-bond donors (Lipinski definition) is 1. The number of thiophene rings is 1. The maximum absolute atomic E-state index is 5.76. The average Bonchev–Trinajstić information content (AvgIpc) is 2.09. The van der Waals surface area contributed by atoms with Crippen LogP contribution in [-0.2, 0) is 0 Å². The van der Waals surface area contributed by atoms with Crippen LogP contribution in [0.25, 0.3) is 6.08 Å². The first-order chi connectivity index (χ1) is 5.09. The van der Waals surface area contributed by atoms with Crippen LogP contribution in [0, 0.1) is 0 Å². The molecule has 1 aromatic rings. The van der Waals surface area contributed by atoms with Crippen molar-refractivity contribution in [3.63, 3.8) is 0 Å². The molecule has 60 valence electrons. The molecule has 2 N–H and O–H groups in total. The summed E-state index contributed by atoms with van der Waals surface area (Å²) in [5.41, 5.74) is 7.93. The number of allylic oxidation sites excluding steroid dienone is 1. The summed E-state index contributed by atoms with van der Waals surface area (Å²) in [6.45, 7) is 4.07. The van der Waals surface area contributed by atoms with Crippen molar-refractivity contribution in [2.75, 3.05) is 5.73 Å². The van der Waals surface area contributed by atoms with Crippen LogP contribution in [0.15, 0.2) is 11.6 Å². The average molecular weight is 188 g/mol. The fourth-order valence-corrected chi connectivity index (χ4v) is 1.81. The van der Waals surface area contributed by atoms with Crippen LogP contribution in [0.1, 0.15) is 19.4 Å². The molecule has 0 radical (unpaired) electrons. The summed E-state index contributed by atoms with van der Waals surface area (Å²) in [5.74, 6) is 0. The second-order valence-electron chi connectivity index (χ2n) is 2.59. The van der Waals surface area contributed by atoms with Crippen molar-refractivity contribution in [2.45, 2.75) is 13.8 Å². The highest BCUT2D eigenvalue weighted by Gasteiger charge is 2.00. The fraction of sp³-hybridized carbons (Fsp3) is 0.250. The van der Waals surface area contributed by atoms with Gasteiger partial charge in [-0.2, -0.15) is 0 Å². The van der Waals surface area contributed by atoms with Gasteiger partial charge in [0.25, 0.3) is 0 Å². The van der Waals surface area contributed by atoms with Crippen LogP contribution >= 0.6 is 22.9 Å². The van der Waals surface area contributed by atoms with Gasteiger partial charge in [-0.15, -0.1) is 11.3 Å². The second-order valence-corrected chi connectivity index (χ2v) is 4.31. The van der Waals surface area contributed by atoms with Gasteiger partial charge in [-0.1, -0.05) is 23.3 Å². The summed E-state index contributed by atoms with van der Waals surface area (Å²) in [4.78, 5) is 0. The molecule has 3 heteroatoms. The van der Waals surface area contributed by atoms with Gasteiger partial charge in [0.1, 0.15) is 0 Å². The molecule has 0 spiro atoms. The molecular formula is C8H10ClNS. The van der Waals surface area contributed by atoms with Crippen molar-refractivity contribution in [1.82, 2.24) is 0 Å². The minimum absolute atomic E-state index is 0.745. The molecule has 0 unspecified atom stereocenters. The van der Waals surface area contributed by atoms with E-state index in [1.807, 2.05) is 26.0 Å². The lowest BCUT2D eigenvalue weighted by Crippen LogP contribution is -1.80. The van der Waals surface area contributed by atoms with Crippen molar-refractivity contribution in [1.29, 1.82) is 0 Å². The molecule has 1 heterocycles. The van der Waals surface area contributed by atoms with Crippen molar-refractivity contribution in [2.24, 2.45) is 0 Å². The Morgan fingerprint density at radius 3 is 2.64 bits per heavy atom. The van der Waals surface area contributed by atoms with Crippen LogP contribution < -0.4 is 5.73 Å². The van der Waals surface area contributed by atoms with Crippen LogP contribution in [0.3, 0.4) is 0 Å². The first-order valence-corrected chi connectivity index (χ1v) is 4.49. The van der Waals surface area contributed by atoms with Gasteiger partial charge in [0.2, 0.25) is 0 Å². The smallest absolute Gasteiger partial charge is 0.0956 e. The van der Waals surface area contributed by atoms with E-state index in [4.69, 9.17) is 17.3 Å². The highest BCUT2D eigenvalue weighted by atomic mass is 35.5. The zero-order chi connectivity index (χ0) is 8.43. The van der Waals surface area contributed by atoms with E-state index in [-0.39, 0.29) is 0 Å². The number of halogens is 1. The number of hydrogen-bond acceptors (Lipinski definition) is 2. The third kappa shape index (κ3) is 2.24. The summed E-state index contributed by atoms with van der Waals surface area (Å²) < 4.78 is 0.745. The maximum atomic E-state index is 5.76. The number of rotatable bonds is 1. The third-order valence-corrected chi connectivity index (χ3v) is 2.31. The van der Waals surface area contributed by atoms with Crippen molar-refractivity contribution in [3.8, 4) is 0 Å². The summed E-state index contributed by atoms with van der Waals surface area (Å²) in [6, 6.07) is 1.88. The Labute approximate surface area is 75.5 Å². The predicted octanol–water partition coefficient (Wildman–Crippen LogP) is 3.41. The molecule has 0 aliphatic carbocycles. The fourth-order valence-electron chi connectivity index (χ4n) is 0.811. The van der Waals surface area contributed by atoms with Gasteiger partial charge in [0.05, 0.1) is 9.34 Å². The summed E-state index contributed by atoms with van der Waals surface area (Å²) >= 11 is 7.17. The highest BCUT2D eigenvalue weighted by Crippen LogP contribution is 2.30. The Morgan fingerprint density at radius 2 is 2.27 bits per heavy atom. The van der Waals surface area contributed by atoms with Gasteiger partial charge >= 0.3 is 0 Å². The van der Waals surface area contributed by atoms with Gasteiger partial charge in [-0.3, -0.25) is 0 Å². The predicted molar refractivity (Wildman–Crippen MR) is 53.1 cm³/mol. The van der Waals surface area contributed by atoms with Crippen molar-refractivity contribution >= 4 is 34.0 Å². The zero-order valence-electron chi connectivity index (χ0n) is 6.52. The number of anilines is 1. The van der Waals surface area contributed by atoms with E-state index in [9.17, 15) is 0 Å². The molecule has 0 bridgehead atoms. The SMILES string of the molecule is CC(C)=Cc1cc(Cl)sc1N. The minimum atomic E-state index is 0.745. The number of nitrogens with two attached hydrogens (primary N) is 1. The zero-order valence-corrected chi connectivity index (χ0v) is 8.09. The molecule has 11 heavy (non-hydrogen) atoms. The van der Waals surface area contributed by atoms with E-state index in [1.54, 1.807) is 0 Å². The molecule has 1 rings (SSSR count). The van der Waals surface area contributed by atoms with Gasteiger partial charge in [0.15, 0.2) is 0 Å². The van der Waals surface area contributed by atoms with E-state index < -0.39 is 0 Å². The topological polar surface area (TPSA) is 26.0 Å². The molecule has 1 aromatic heterocycles. The Balaban J connectivity index is 3.04. The lowest BCUT2D eigenvalue weighted by Gasteiger charge is -1.90. The van der Waals surface area contributed by atoms with E-state index in [0.29, 0.717) is 0 Å². The van der Waals surface area contributed by atoms with Crippen LogP contribution in [0.5, 0.6) is 0 Å². The minimum Gasteiger partial charge on any atom is -0.390 e. The maximum Gasteiger partial charge on any atom is 0.0956 e. The Morgan fingerprint density at radius 1 is 1.64 bits per heavy atom. The molecule has 0 saturated carbocycles. The van der Waals surface area contributed by atoms with E-state index in [2.05, 4.69) is 0 Å². The van der Waals surface area contributed by atoms with E-state index >= 15 is 0 Å². The summed E-state index contributed by atoms with van der Waals surface area (Å²) in [6.07, 6.45) is 2.03. The normalized spacial score (nSPS) is 9.73. The summed E-state index contributed by atoms with van der Waals surface area (Å²) in [5, 5.41) is 0.788. The quantitative estimate of drug-likeness (QED) is 0.717. The van der Waals surface area contributed by atoms with Crippen LogP contribution in [0.2, 0.25) is 4.34 Å². The highest BCUT2D eigenvalue weighted by molar-refractivity contribution is 7.20. The molecule has 0 atom stereocenters. The van der Waals surface area contributed by atoms with E-state index in [1.165, 1.54) is 16.9 Å². The molecule has 0 aliphatic heterocycles. The lowest BCUT2D eigenvalue weighted by molar-refractivity contribution is 1.42. The van der Waals surface area contributed by atoms with Gasteiger partial charge in [-0.25, -0.2) is 0 Å². The molecular weight excluding hydrogens is 178 g/mol. The molecule has 1 nitrogen and oxygen atoms in total. The third-order valence-electron chi connectivity index (χ3n) is 1.21. The van der Waals surface area contributed by atoms with Crippen molar-refractivity contribution < 1.29 is 0 Å². The van der Waals surface area contributed by atoms with E-state index in [0.717, 1.165) is 14.9 Å². The molecule has 0 aromatic carbocycles. The van der Waals surface area contributed by atoms with Crippen LogP contribution in [-0.4, -0.2) is 0 Å². The second kappa shape index (κ2) is 3.28. The monoisotopic (exact) mass is 187 g/mol. The molecule has 0 amide bonds. The molecule has 0 aliphatic rings. The largest absolute Gasteiger partial charge is 0.390 e. The lowest BCUT2D eigenvalue weighted by atomic mass is 10.2.